The van der Waals surface area contributed by atoms with Crippen molar-refractivity contribution in [3.8, 4) is 0 Å². The van der Waals surface area contributed by atoms with Gasteiger partial charge in [0.05, 0.1) is 11.6 Å². The monoisotopic (exact) mass is 393 g/mol. The molecule has 5 fully saturated rings. The van der Waals surface area contributed by atoms with Gasteiger partial charge in [-0.05, 0) is 75.7 Å². The maximum atomic E-state index is 13.1. The number of aromatic nitrogens is 2. The van der Waals surface area contributed by atoms with Gasteiger partial charge in [-0.2, -0.15) is 5.10 Å². The fraction of sp³-hybridized carbons (Fsp3) is 0.591. The Morgan fingerprint density at radius 3 is 2.48 bits per heavy atom. The number of fused-ring (bicyclic) bond motifs is 4. The van der Waals surface area contributed by atoms with E-state index in [4.69, 9.17) is 5.10 Å². The lowest BCUT2D eigenvalue weighted by molar-refractivity contribution is -0.117. The van der Waals surface area contributed by atoms with E-state index in [1.807, 2.05) is 22.9 Å². The number of carbonyl (C=O) groups excluding carboxylic acids is 2. The second kappa shape index (κ2) is 6.55. The highest BCUT2D eigenvalue weighted by Crippen LogP contribution is 2.38. The van der Waals surface area contributed by atoms with Crippen LogP contribution >= 0.6 is 0 Å². The summed E-state index contributed by atoms with van der Waals surface area (Å²) in [6, 6.07) is 6.40. The maximum absolute atomic E-state index is 13.1. The van der Waals surface area contributed by atoms with Crippen LogP contribution in [0, 0.1) is 11.8 Å². The van der Waals surface area contributed by atoms with E-state index in [0.29, 0.717) is 17.7 Å². The Morgan fingerprint density at radius 2 is 1.83 bits per heavy atom. The summed E-state index contributed by atoms with van der Waals surface area (Å²) in [5.74, 6) is 0.789. The Morgan fingerprint density at radius 1 is 1.03 bits per heavy atom. The number of amides is 2. The number of piperidine rings is 3. The molecule has 2 N–H and O–H groups in total. The number of nitrogens with zero attached hydrogens (tertiary/aromatic N) is 3. The highest BCUT2D eigenvalue weighted by atomic mass is 16.2. The van der Waals surface area contributed by atoms with E-state index in [1.165, 1.54) is 12.8 Å². The maximum Gasteiger partial charge on any atom is 0.272 e. The second-order valence-electron chi connectivity index (χ2n) is 9.24. The van der Waals surface area contributed by atoms with E-state index in [2.05, 4.69) is 15.5 Å². The molecule has 29 heavy (non-hydrogen) atoms. The van der Waals surface area contributed by atoms with Crippen LogP contribution in [0.4, 0.5) is 5.69 Å². The fourth-order valence-electron chi connectivity index (χ4n) is 4.94. The molecule has 1 aromatic carbocycles. The largest absolute Gasteiger partial charge is 0.346 e. The first kappa shape index (κ1) is 17.4. The van der Waals surface area contributed by atoms with Crippen molar-refractivity contribution in [2.24, 2.45) is 11.8 Å². The predicted octanol–water partition coefficient (Wildman–Crippen LogP) is 2.54. The molecule has 7 rings (SSSR count). The molecule has 3 aliphatic heterocycles. The van der Waals surface area contributed by atoms with Crippen LogP contribution in [-0.4, -0.2) is 52.2 Å². The number of anilines is 1. The van der Waals surface area contributed by atoms with Crippen LogP contribution < -0.4 is 10.6 Å². The van der Waals surface area contributed by atoms with Crippen LogP contribution in [0.3, 0.4) is 0 Å². The average Bonchev–Trinajstić information content (AvgIpc) is 3.65. The molecule has 2 aliphatic carbocycles. The minimum absolute atomic E-state index is 0.0667. The normalized spacial score (nSPS) is 28.5. The van der Waals surface area contributed by atoms with E-state index in [9.17, 15) is 9.59 Å². The third-order valence-corrected chi connectivity index (χ3v) is 7.00. The van der Waals surface area contributed by atoms with E-state index < -0.39 is 0 Å². The second-order valence-corrected chi connectivity index (χ2v) is 9.24. The van der Waals surface area contributed by atoms with E-state index >= 15 is 0 Å². The average molecular weight is 393 g/mol. The molecular weight excluding hydrogens is 366 g/mol. The van der Waals surface area contributed by atoms with Crippen LogP contribution in [0.25, 0.3) is 10.9 Å². The van der Waals surface area contributed by atoms with Gasteiger partial charge in [-0.1, -0.05) is 0 Å². The summed E-state index contributed by atoms with van der Waals surface area (Å²) in [6.07, 6.45) is 6.50. The van der Waals surface area contributed by atoms with Crippen molar-refractivity contribution >= 4 is 28.4 Å². The van der Waals surface area contributed by atoms with Gasteiger partial charge in [0.1, 0.15) is 0 Å². The molecule has 7 nitrogen and oxygen atoms in total. The molecule has 4 heterocycles. The highest BCUT2D eigenvalue weighted by Gasteiger charge is 2.36. The van der Waals surface area contributed by atoms with Crippen molar-refractivity contribution < 1.29 is 9.59 Å². The van der Waals surface area contributed by atoms with Gasteiger partial charge in [-0.15, -0.1) is 0 Å². The van der Waals surface area contributed by atoms with Gasteiger partial charge >= 0.3 is 0 Å². The fourth-order valence-corrected chi connectivity index (χ4v) is 4.94. The standard InChI is InChI=1S/C22H27N5O2/c28-21(14-1-2-14)23-15-3-6-17-19(11-15)27(16-4-5-16)25-20(17)22(29)24-18-12-26-9-7-13(18)8-10-26/h3,6,11,13-14,16,18H,1-2,4-5,7-10,12H2,(H,23,28)(H,24,29)/t18-/m1/s1. The highest BCUT2D eigenvalue weighted by molar-refractivity contribution is 6.06. The minimum Gasteiger partial charge on any atom is -0.346 e. The van der Waals surface area contributed by atoms with Gasteiger partial charge in [0.25, 0.3) is 5.91 Å². The topological polar surface area (TPSA) is 79.3 Å². The molecule has 2 aromatic rings. The summed E-state index contributed by atoms with van der Waals surface area (Å²) in [4.78, 5) is 27.7. The first-order chi connectivity index (χ1) is 14.2. The van der Waals surface area contributed by atoms with Gasteiger partial charge in [0, 0.05) is 29.6 Å². The zero-order chi connectivity index (χ0) is 19.5. The summed E-state index contributed by atoms with van der Waals surface area (Å²) in [6.45, 7) is 3.27. The quantitative estimate of drug-likeness (QED) is 0.818. The molecule has 1 aromatic heterocycles. The van der Waals surface area contributed by atoms with Gasteiger partial charge in [-0.25, -0.2) is 0 Å². The first-order valence-electron chi connectivity index (χ1n) is 11.0. The van der Waals surface area contributed by atoms with Crippen molar-refractivity contribution in [2.75, 3.05) is 25.0 Å². The van der Waals surface area contributed by atoms with Crippen molar-refractivity contribution in [3.63, 3.8) is 0 Å². The van der Waals surface area contributed by atoms with E-state index in [-0.39, 0.29) is 23.8 Å². The zero-order valence-corrected chi connectivity index (χ0v) is 16.6. The van der Waals surface area contributed by atoms with Crippen LogP contribution in [0.5, 0.6) is 0 Å². The SMILES string of the molecule is O=C(N[C@@H]1CN2CCC1CC2)c1nn(C2CC2)c2cc(NC(=O)C3CC3)ccc12. The molecule has 5 aliphatic rings. The summed E-state index contributed by atoms with van der Waals surface area (Å²) >= 11 is 0. The number of carbonyl (C=O) groups is 2. The number of hydrogen-bond donors (Lipinski definition) is 2. The summed E-state index contributed by atoms with van der Waals surface area (Å²) in [7, 11) is 0. The Bertz CT molecular complexity index is 982. The van der Waals surface area contributed by atoms with Crippen LogP contribution in [-0.2, 0) is 4.79 Å². The lowest BCUT2D eigenvalue weighted by atomic mass is 9.84. The van der Waals surface area contributed by atoms with Crippen LogP contribution in [0.2, 0.25) is 0 Å². The molecule has 2 saturated carbocycles. The Hall–Kier alpha value is -2.41. The van der Waals surface area contributed by atoms with Crippen molar-refractivity contribution in [3.05, 3.63) is 23.9 Å². The smallest absolute Gasteiger partial charge is 0.272 e. The Balaban J connectivity index is 1.28. The number of rotatable bonds is 5. The van der Waals surface area contributed by atoms with Crippen molar-refractivity contribution in [1.29, 1.82) is 0 Å². The first-order valence-corrected chi connectivity index (χ1v) is 11.0. The van der Waals surface area contributed by atoms with Crippen molar-refractivity contribution in [1.82, 2.24) is 20.0 Å². The van der Waals surface area contributed by atoms with Gasteiger partial charge in [-0.3, -0.25) is 14.3 Å². The summed E-state index contributed by atoms with van der Waals surface area (Å²) in [5.41, 5.74) is 2.25. The van der Waals surface area contributed by atoms with Crippen LogP contribution in [0.15, 0.2) is 18.2 Å². The number of benzene rings is 1. The van der Waals surface area contributed by atoms with E-state index in [1.54, 1.807) is 0 Å². The van der Waals surface area contributed by atoms with Crippen molar-refractivity contribution in [2.45, 2.75) is 50.6 Å². The van der Waals surface area contributed by atoms with E-state index in [0.717, 1.165) is 61.9 Å². The molecular formula is C22H27N5O2. The van der Waals surface area contributed by atoms with Gasteiger partial charge < -0.3 is 15.5 Å². The molecule has 0 spiro atoms. The summed E-state index contributed by atoms with van der Waals surface area (Å²) in [5, 5.41) is 11.9. The molecule has 152 valence electrons. The third-order valence-electron chi connectivity index (χ3n) is 7.00. The Labute approximate surface area is 169 Å². The Kier molecular flexibility index (Phi) is 3.94. The molecule has 7 heteroatoms. The molecule has 2 bridgehead atoms. The molecule has 0 unspecified atom stereocenters. The van der Waals surface area contributed by atoms with Gasteiger partial charge in [0.15, 0.2) is 5.69 Å². The molecule has 3 saturated heterocycles. The third kappa shape index (κ3) is 3.21. The number of hydrogen-bond acceptors (Lipinski definition) is 4. The number of nitrogens with one attached hydrogen (secondary N) is 2. The summed E-state index contributed by atoms with van der Waals surface area (Å²) < 4.78 is 1.99. The minimum atomic E-state index is -0.0667. The molecule has 1 atom stereocenters. The van der Waals surface area contributed by atoms with Crippen LogP contribution in [0.1, 0.15) is 55.1 Å². The molecule has 2 amide bonds. The lowest BCUT2D eigenvalue weighted by Crippen LogP contribution is -2.57. The lowest BCUT2D eigenvalue weighted by Gasteiger charge is -2.44. The molecule has 0 radical (unpaired) electrons. The zero-order valence-electron chi connectivity index (χ0n) is 16.6. The predicted molar refractivity (Wildman–Crippen MR) is 110 cm³/mol. The van der Waals surface area contributed by atoms with Gasteiger partial charge in [0.2, 0.25) is 5.91 Å².